The highest BCUT2D eigenvalue weighted by Gasteiger charge is 1.94. The van der Waals surface area contributed by atoms with Gasteiger partial charge in [-0.05, 0) is 6.92 Å². The fourth-order valence-electron chi connectivity index (χ4n) is 0.329. The van der Waals surface area contributed by atoms with Gasteiger partial charge in [-0.1, -0.05) is 0 Å². The van der Waals surface area contributed by atoms with Crippen molar-refractivity contribution in [1.29, 1.82) is 0 Å². The molecule has 0 bridgehead atoms. The maximum atomic E-state index is 10.3. The molecule has 0 saturated heterocycles. The molecule has 47 valence electrons. The van der Waals surface area contributed by atoms with E-state index in [1.54, 1.807) is 0 Å². The lowest BCUT2D eigenvalue weighted by Gasteiger charge is -1.95. The smallest absolute Gasteiger partial charge is 0.226 e. The second kappa shape index (κ2) is 4.59. The van der Waals surface area contributed by atoms with Gasteiger partial charge in [0.1, 0.15) is 0 Å². The zero-order chi connectivity index (χ0) is 6.41. The number of hydrogen-bond donors (Lipinski definition) is 2. The van der Waals surface area contributed by atoms with Crippen molar-refractivity contribution in [1.82, 2.24) is 5.32 Å². The average molecular weight is 116 g/mol. The van der Waals surface area contributed by atoms with Crippen LogP contribution >= 0.6 is 0 Å². The van der Waals surface area contributed by atoms with Crippen LogP contribution in [0.5, 0.6) is 0 Å². The fraction of sp³-hybridized carbons (Fsp3) is 0.600. The molecule has 1 amide bonds. The van der Waals surface area contributed by atoms with Gasteiger partial charge < -0.3 is 10.4 Å². The van der Waals surface area contributed by atoms with Gasteiger partial charge in [0.2, 0.25) is 5.91 Å². The molecule has 0 atom stereocenters. The van der Waals surface area contributed by atoms with E-state index < -0.39 is 0 Å². The predicted octanol–water partition coefficient (Wildman–Crippen LogP) is -0.681. The van der Waals surface area contributed by atoms with Crippen molar-refractivity contribution in [2.45, 2.75) is 6.92 Å². The fourth-order valence-corrected chi connectivity index (χ4v) is 0.329. The van der Waals surface area contributed by atoms with E-state index in [4.69, 9.17) is 5.11 Å². The Morgan fingerprint density at radius 1 is 1.88 bits per heavy atom. The zero-order valence-corrected chi connectivity index (χ0v) is 4.85. The molecule has 1 radical (unpaired) electrons. The number of aliphatic hydroxyl groups is 1. The van der Waals surface area contributed by atoms with Crippen molar-refractivity contribution in [3.8, 4) is 0 Å². The van der Waals surface area contributed by atoms with Crippen LogP contribution in [0.25, 0.3) is 0 Å². The first-order valence-electron chi connectivity index (χ1n) is 2.53. The summed E-state index contributed by atoms with van der Waals surface area (Å²) in [5.41, 5.74) is 0. The number of nitrogens with one attached hydrogen (secondary N) is 1. The molecule has 0 aliphatic rings. The third-order valence-electron chi connectivity index (χ3n) is 0.628. The second-order valence-electron chi connectivity index (χ2n) is 1.28. The summed E-state index contributed by atoms with van der Waals surface area (Å²) in [4.78, 5) is 10.3. The monoisotopic (exact) mass is 116 g/mol. The van der Waals surface area contributed by atoms with Crippen LogP contribution in [-0.2, 0) is 4.79 Å². The van der Waals surface area contributed by atoms with Crippen molar-refractivity contribution in [3.05, 3.63) is 6.42 Å². The predicted molar refractivity (Wildman–Crippen MR) is 30.1 cm³/mol. The lowest BCUT2D eigenvalue weighted by atomic mass is 10.4. The Hall–Kier alpha value is -0.570. The Morgan fingerprint density at radius 2 is 2.50 bits per heavy atom. The van der Waals surface area contributed by atoms with Crippen molar-refractivity contribution < 1.29 is 9.90 Å². The quantitative estimate of drug-likeness (QED) is 0.513. The summed E-state index contributed by atoms with van der Waals surface area (Å²) in [6.45, 7) is 2.24. The van der Waals surface area contributed by atoms with Crippen LogP contribution < -0.4 is 5.32 Å². The highest BCUT2D eigenvalue weighted by Crippen LogP contribution is 1.71. The molecule has 2 N–H and O–H groups in total. The van der Waals surface area contributed by atoms with E-state index >= 15 is 0 Å². The summed E-state index contributed by atoms with van der Waals surface area (Å²) in [7, 11) is 0. The summed E-state index contributed by atoms with van der Waals surface area (Å²) in [6.07, 6.45) is 1.18. The molecule has 0 aliphatic carbocycles. The molecule has 8 heavy (non-hydrogen) atoms. The number of amides is 1. The van der Waals surface area contributed by atoms with E-state index in [-0.39, 0.29) is 12.5 Å². The first kappa shape index (κ1) is 7.43. The van der Waals surface area contributed by atoms with Crippen LogP contribution in [0.2, 0.25) is 0 Å². The third kappa shape index (κ3) is 3.61. The first-order chi connectivity index (χ1) is 3.81. The van der Waals surface area contributed by atoms with Crippen molar-refractivity contribution in [3.63, 3.8) is 0 Å². The Labute approximate surface area is 48.7 Å². The number of carbonyl (C=O) groups is 1. The number of hydrogen-bond acceptors (Lipinski definition) is 2. The van der Waals surface area contributed by atoms with Gasteiger partial charge >= 0.3 is 0 Å². The van der Waals surface area contributed by atoms with E-state index in [0.29, 0.717) is 6.54 Å². The topological polar surface area (TPSA) is 49.3 Å². The summed E-state index contributed by atoms with van der Waals surface area (Å²) < 4.78 is 0. The molecule has 0 aromatic rings. The molecule has 0 saturated carbocycles. The summed E-state index contributed by atoms with van der Waals surface area (Å²) in [6, 6.07) is 0. The summed E-state index contributed by atoms with van der Waals surface area (Å²) >= 11 is 0. The lowest BCUT2D eigenvalue weighted by Crippen LogP contribution is -2.23. The third-order valence-corrected chi connectivity index (χ3v) is 0.628. The normalized spacial score (nSPS) is 8.75. The highest BCUT2D eigenvalue weighted by molar-refractivity contribution is 5.84. The van der Waals surface area contributed by atoms with Gasteiger partial charge in [-0.25, -0.2) is 0 Å². The number of aliphatic hydroxyl groups excluding tert-OH is 1. The minimum absolute atomic E-state index is 0.189. The largest absolute Gasteiger partial charge is 0.396 e. The molecular weight excluding hydrogens is 106 g/mol. The molecule has 0 fully saturated rings. The summed E-state index contributed by atoms with van der Waals surface area (Å²) in [5.74, 6) is -0.213. The van der Waals surface area contributed by atoms with E-state index in [0.717, 1.165) is 0 Å². The molecule has 0 spiro atoms. The van der Waals surface area contributed by atoms with Gasteiger partial charge in [-0.15, -0.1) is 0 Å². The molecular formula is C5H10NO2. The van der Waals surface area contributed by atoms with Gasteiger partial charge in [0, 0.05) is 6.54 Å². The molecule has 3 nitrogen and oxygen atoms in total. The van der Waals surface area contributed by atoms with Gasteiger partial charge in [0.05, 0.1) is 13.0 Å². The van der Waals surface area contributed by atoms with E-state index in [1.807, 2.05) is 6.92 Å². The SMILES string of the molecule is CCNC(=O)[CH]CO. The number of carbonyl (C=O) groups excluding carboxylic acids is 1. The van der Waals surface area contributed by atoms with Crippen molar-refractivity contribution in [2.24, 2.45) is 0 Å². The van der Waals surface area contributed by atoms with Crippen molar-refractivity contribution in [2.75, 3.05) is 13.2 Å². The van der Waals surface area contributed by atoms with Crippen LogP contribution in [0, 0.1) is 6.42 Å². The zero-order valence-electron chi connectivity index (χ0n) is 4.85. The Bertz CT molecular complexity index is 64.8. The minimum atomic E-state index is -0.213. The minimum Gasteiger partial charge on any atom is -0.396 e. The van der Waals surface area contributed by atoms with Crippen LogP contribution in [-0.4, -0.2) is 24.2 Å². The molecule has 0 aromatic heterocycles. The standard InChI is InChI=1S/C5H10NO2/c1-2-6-5(8)3-4-7/h3,7H,2,4H2,1H3,(H,6,8). The van der Waals surface area contributed by atoms with Gasteiger partial charge in [-0.2, -0.15) is 0 Å². The van der Waals surface area contributed by atoms with Crippen molar-refractivity contribution >= 4 is 5.91 Å². The summed E-state index contributed by atoms with van der Waals surface area (Å²) in [5, 5.41) is 10.6. The van der Waals surface area contributed by atoms with Crippen LogP contribution in [0.15, 0.2) is 0 Å². The first-order valence-corrected chi connectivity index (χ1v) is 2.53. The molecule has 0 rings (SSSR count). The van der Waals surface area contributed by atoms with Gasteiger partial charge in [0.15, 0.2) is 0 Å². The molecule has 0 aliphatic heterocycles. The maximum Gasteiger partial charge on any atom is 0.226 e. The Balaban J connectivity index is 3.06. The highest BCUT2D eigenvalue weighted by atomic mass is 16.3. The Morgan fingerprint density at radius 3 is 2.88 bits per heavy atom. The van der Waals surface area contributed by atoms with Crippen LogP contribution in [0.3, 0.4) is 0 Å². The second-order valence-corrected chi connectivity index (χ2v) is 1.28. The van der Waals surface area contributed by atoms with Gasteiger partial charge in [0.25, 0.3) is 0 Å². The lowest BCUT2D eigenvalue weighted by molar-refractivity contribution is -0.118. The Kier molecular flexibility index (Phi) is 4.26. The number of rotatable bonds is 3. The molecule has 0 heterocycles. The van der Waals surface area contributed by atoms with E-state index in [2.05, 4.69) is 5.32 Å². The maximum absolute atomic E-state index is 10.3. The average Bonchev–Trinajstić information content (AvgIpc) is 1.68. The van der Waals surface area contributed by atoms with E-state index in [9.17, 15) is 4.79 Å². The van der Waals surface area contributed by atoms with Gasteiger partial charge in [-0.3, -0.25) is 4.79 Å². The van der Waals surface area contributed by atoms with E-state index in [1.165, 1.54) is 6.42 Å². The molecule has 0 aromatic carbocycles. The molecule has 3 heteroatoms. The van der Waals surface area contributed by atoms with Crippen LogP contribution in [0.4, 0.5) is 0 Å². The van der Waals surface area contributed by atoms with Crippen LogP contribution in [0.1, 0.15) is 6.92 Å². The molecule has 0 unspecified atom stereocenters.